The summed E-state index contributed by atoms with van der Waals surface area (Å²) < 4.78 is 6.26. The highest BCUT2D eigenvalue weighted by Gasteiger charge is 2.28. The van der Waals surface area contributed by atoms with Gasteiger partial charge in [-0.2, -0.15) is 0 Å². The molecule has 3 rings (SSSR count). The van der Waals surface area contributed by atoms with Crippen molar-refractivity contribution in [3.8, 4) is 11.5 Å². The molecule has 25 heavy (non-hydrogen) atoms. The predicted molar refractivity (Wildman–Crippen MR) is 106 cm³/mol. The van der Waals surface area contributed by atoms with Gasteiger partial charge in [-0.3, -0.25) is 0 Å². The highest BCUT2D eigenvalue weighted by atomic mass is 16.3. The molecule has 0 fully saturated rings. The molecule has 1 heterocycles. The van der Waals surface area contributed by atoms with Crippen molar-refractivity contribution in [3.05, 3.63) is 53.6 Å². The molecule has 0 N–H and O–H groups in total. The van der Waals surface area contributed by atoms with Crippen LogP contribution < -0.4 is 0 Å². The van der Waals surface area contributed by atoms with Crippen LogP contribution in [0.4, 0.5) is 0 Å². The van der Waals surface area contributed by atoms with Crippen molar-refractivity contribution in [1.29, 1.82) is 0 Å². The van der Waals surface area contributed by atoms with E-state index in [1.807, 2.05) is 30.3 Å². The number of rotatable bonds is 5. The molecule has 0 saturated carbocycles. The van der Waals surface area contributed by atoms with E-state index in [1.54, 1.807) is 0 Å². The van der Waals surface area contributed by atoms with E-state index >= 15 is 0 Å². The van der Waals surface area contributed by atoms with Crippen LogP contribution in [0, 0.1) is 0 Å². The Morgan fingerprint density at radius 1 is 0.880 bits per heavy atom. The fourth-order valence-corrected chi connectivity index (χ4v) is 3.02. The van der Waals surface area contributed by atoms with Gasteiger partial charge >= 0.3 is 0 Å². The molecule has 0 unspecified atom stereocenters. The van der Waals surface area contributed by atoms with Gasteiger partial charge in [-0.15, -0.1) is 0 Å². The third-order valence-electron chi connectivity index (χ3n) is 5.79. The summed E-state index contributed by atoms with van der Waals surface area (Å²) in [5.41, 5.74) is 5.70. The van der Waals surface area contributed by atoms with Crippen molar-refractivity contribution >= 4 is 11.1 Å². The van der Waals surface area contributed by atoms with Gasteiger partial charge in [0.1, 0.15) is 5.52 Å². The minimum Gasteiger partial charge on any atom is -0.436 e. The minimum atomic E-state index is 0.0472. The molecule has 0 spiro atoms. The zero-order chi connectivity index (χ0) is 18.2. The maximum atomic E-state index is 6.26. The monoisotopic (exact) mass is 335 g/mol. The number of oxazole rings is 1. The topological polar surface area (TPSA) is 26.0 Å². The minimum absolute atomic E-state index is 0.0472. The molecule has 3 aromatic rings. The van der Waals surface area contributed by atoms with Gasteiger partial charge in [-0.1, -0.05) is 65.8 Å². The zero-order valence-corrected chi connectivity index (χ0v) is 16.3. The summed E-state index contributed by atoms with van der Waals surface area (Å²) in [7, 11) is 0. The number of aromatic nitrogens is 1. The summed E-state index contributed by atoms with van der Waals surface area (Å²) in [4.78, 5) is 4.83. The Morgan fingerprint density at radius 2 is 1.52 bits per heavy atom. The van der Waals surface area contributed by atoms with Crippen LogP contribution in [-0.2, 0) is 10.8 Å². The smallest absolute Gasteiger partial charge is 0.227 e. The van der Waals surface area contributed by atoms with Crippen molar-refractivity contribution < 1.29 is 4.42 Å². The first-order valence-electron chi connectivity index (χ1n) is 9.29. The van der Waals surface area contributed by atoms with Gasteiger partial charge in [0.25, 0.3) is 0 Å². The number of nitrogens with zero attached hydrogens (tertiary/aromatic N) is 1. The Bertz CT molecular complexity index is 872. The van der Waals surface area contributed by atoms with Crippen molar-refractivity contribution in [2.45, 2.75) is 65.2 Å². The Kier molecular flexibility index (Phi) is 4.49. The second-order valence-electron chi connectivity index (χ2n) is 8.23. The van der Waals surface area contributed by atoms with E-state index in [-0.39, 0.29) is 10.8 Å². The van der Waals surface area contributed by atoms with Crippen molar-refractivity contribution in [2.24, 2.45) is 0 Å². The van der Waals surface area contributed by atoms with Crippen LogP contribution >= 0.6 is 0 Å². The average Bonchev–Trinajstić information content (AvgIpc) is 3.05. The van der Waals surface area contributed by atoms with E-state index < -0.39 is 0 Å². The summed E-state index contributed by atoms with van der Waals surface area (Å²) in [6, 6.07) is 14.7. The van der Waals surface area contributed by atoms with Crippen LogP contribution in [0.2, 0.25) is 0 Å². The van der Waals surface area contributed by atoms with E-state index in [0.29, 0.717) is 5.89 Å². The Hall–Kier alpha value is -2.09. The van der Waals surface area contributed by atoms with Gasteiger partial charge in [0.05, 0.1) is 0 Å². The fraction of sp³-hybridized carbons (Fsp3) is 0.435. The Labute approximate surface area is 151 Å². The van der Waals surface area contributed by atoms with Gasteiger partial charge in [0, 0.05) is 11.1 Å². The zero-order valence-electron chi connectivity index (χ0n) is 16.3. The summed E-state index contributed by atoms with van der Waals surface area (Å²) in [6.07, 6.45) is 2.15. The highest BCUT2D eigenvalue weighted by molar-refractivity contribution is 5.81. The number of hydrogen-bond donors (Lipinski definition) is 0. The van der Waals surface area contributed by atoms with Crippen LogP contribution in [0.15, 0.2) is 46.9 Å². The van der Waals surface area contributed by atoms with Crippen LogP contribution in [-0.4, -0.2) is 4.98 Å². The molecule has 2 aromatic carbocycles. The molecular formula is C23H29NO. The van der Waals surface area contributed by atoms with Crippen molar-refractivity contribution in [1.82, 2.24) is 4.98 Å². The number of fused-ring (bicyclic) bond motifs is 1. The number of benzene rings is 2. The maximum absolute atomic E-state index is 6.26. The molecular weight excluding hydrogens is 306 g/mol. The van der Waals surface area contributed by atoms with E-state index in [4.69, 9.17) is 9.40 Å². The SMILES string of the molecule is CCC(C)(C)c1cc(C(C)(C)CC)c2oc(-c3ccccc3)nc2c1. The molecule has 0 bridgehead atoms. The molecule has 0 saturated heterocycles. The predicted octanol–water partition coefficient (Wildman–Crippen LogP) is 6.87. The Balaban J connectivity index is 2.28. The summed E-state index contributed by atoms with van der Waals surface area (Å²) in [6.45, 7) is 13.7. The molecule has 0 aliphatic heterocycles. The molecule has 0 atom stereocenters. The van der Waals surface area contributed by atoms with Gasteiger partial charge < -0.3 is 4.42 Å². The molecule has 132 valence electrons. The molecule has 0 aliphatic carbocycles. The maximum Gasteiger partial charge on any atom is 0.227 e. The van der Waals surface area contributed by atoms with E-state index in [1.165, 1.54) is 11.1 Å². The van der Waals surface area contributed by atoms with Crippen molar-refractivity contribution in [3.63, 3.8) is 0 Å². The lowest BCUT2D eigenvalue weighted by Crippen LogP contribution is -2.20. The molecule has 2 heteroatoms. The van der Waals surface area contributed by atoms with E-state index in [0.717, 1.165) is 29.5 Å². The molecule has 1 aromatic heterocycles. The summed E-state index contributed by atoms with van der Waals surface area (Å²) in [5.74, 6) is 0.704. The lowest BCUT2D eigenvalue weighted by Gasteiger charge is -2.28. The van der Waals surface area contributed by atoms with Crippen molar-refractivity contribution in [2.75, 3.05) is 0 Å². The van der Waals surface area contributed by atoms with E-state index in [9.17, 15) is 0 Å². The lowest BCUT2D eigenvalue weighted by atomic mass is 9.76. The third kappa shape index (κ3) is 3.22. The van der Waals surface area contributed by atoms with Gasteiger partial charge in [-0.25, -0.2) is 4.98 Å². The fourth-order valence-electron chi connectivity index (χ4n) is 3.02. The average molecular weight is 335 g/mol. The first-order chi connectivity index (χ1) is 11.8. The van der Waals surface area contributed by atoms with Crippen LogP contribution in [0.5, 0.6) is 0 Å². The van der Waals surface area contributed by atoms with Crippen LogP contribution in [0.3, 0.4) is 0 Å². The number of hydrogen-bond acceptors (Lipinski definition) is 2. The second-order valence-corrected chi connectivity index (χ2v) is 8.23. The van der Waals surface area contributed by atoms with Crippen LogP contribution in [0.1, 0.15) is 65.5 Å². The molecule has 0 aliphatic rings. The first-order valence-corrected chi connectivity index (χ1v) is 9.29. The van der Waals surface area contributed by atoms with Gasteiger partial charge in [0.2, 0.25) is 5.89 Å². The molecule has 0 radical (unpaired) electrons. The normalized spacial score (nSPS) is 12.7. The van der Waals surface area contributed by atoms with Gasteiger partial charge in [-0.05, 0) is 47.4 Å². The largest absolute Gasteiger partial charge is 0.436 e. The standard InChI is InChI=1S/C23H29NO/c1-7-22(3,4)17-14-18(23(5,6)8-2)20-19(15-17)24-21(25-20)16-12-10-9-11-13-16/h9-15H,7-8H2,1-6H3. The second kappa shape index (κ2) is 6.33. The quantitative estimate of drug-likeness (QED) is 0.508. The van der Waals surface area contributed by atoms with E-state index in [2.05, 4.69) is 53.7 Å². The Morgan fingerprint density at radius 3 is 2.12 bits per heavy atom. The molecule has 2 nitrogen and oxygen atoms in total. The lowest BCUT2D eigenvalue weighted by molar-refractivity contribution is 0.484. The summed E-state index contributed by atoms with van der Waals surface area (Å²) in [5, 5.41) is 0. The third-order valence-corrected chi connectivity index (χ3v) is 5.79. The summed E-state index contributed by atoms with van der Waals surface area (Å²) >= 11 is 0. The van der Waals surface area contributed by atoms with Gasteiger partial charge in [0.15, 0.2) is 5.58 Å². The highest BCUT2D eigenvalue weighted by Crippen LogP contribution is 2.39. The van der Waals surface area contributed by atoms with Crippen LogP contribution in [0.25, 0.3) is 22.6 Å². The molecule has 0 amide bonds. The first kappa shape index (κ1) is 17.7.